The Kier molecular flexibility index (Phi) is 3.62. The highest BCUT2D eigenvalue weighted by molar-refractivity contribution is 5.43. The predicted octanol–water partition coefficient (Wildman–Crippen LogP) is 3.00. The molecule has 2 aromatic rings. The predicted molar refractivity (Wildman–Crippen MR) is 66.3 cm³/mol. The van der Waals surface area contributed by atoms with Gasteiger partial charge in [-0.2, -0.15) is 5.26 Å². The summed E-state index contributed by atoms with van der Waals surface area (Å²) in [4.78, 5) is 0. The van der Waals surface area contributed by atoms with Crippen LogP contribution in [0.3, 0.4) is 0 Å². The van der Waals surface area contributed by atoms with Crippen LogP contribution in [0.25, 0.3) is 0 Å². The number of nitriles is 1. The highest BCUT2D eigenvalue weighted by Gasteiger charge is 2.07. The maximum absolute atomic E-state index is 13.5. The largest absolute Gasteiger partial charge is 0.486 e. The number of rotatable bonds is 3. The first-order valence-corrected chi connectivity index (χ1v) is 5.46. The summed E-state index contributed by atoms with van der Waals surface area (Å²) in [5.74, 6) is -1.14. The van der Waals surface area contributed by atoms with Gasteiger partial charge in [-0.1, -0.05) is 0 Å². The van der Waals surface area contributed by atoms with E-state index in [1.165, 1.54) is 30.3 Å². The summed E-state index contributed by atoms with van der Waals surface area (Å²) in [7, 11) is 0. The van der Waals surface area contributed by atoms with Crippen molar-refractivity contribution in [2.24, 2.45) is 0 Å². The van der Waals surface area contributed by atoms with Crippen LogP contribution in [-0.4, -0.2) is 0 Å². The summed E-state index contributed by atoms with van der Waals surface area (Å²) in [5.41, 5.74) is 6.19. The van der Waals surface area contributed by atoms with Crippen LogP contribution >= 0.6 is 0 Å². The monoisotopic (exact) mass is 260 g/mol. The summed E-state index contributed by atoms with van der Waals surface area (Å²) in [5, 5.41) is 8.73. The van der Waals surface area contributed by atoms with Gasteiger partial charge in [-0.3, -0.25) is 0 Å². The first-order chi connectivity index (χ1) is 9.10. The molecule has 0 aliphatic carbocycles. The van der Waals surface area contributed by atoms with E-state index in [2.05, 4.69) is 0 Å². The molecule has 0 radical (unpaired) electrons. The van der Waals surface area contributed by atoms with Gasteiger partial charge in [0.25, 0.3) is 0 Å². The molecule has 0 atom stereocenters. The van der Waals surface area contributed by atoms with E-state index in [1.807, 2.05) is 6.07 Å². The number of ether oxygens (including phenoxy) is 1. The SMILES string of the molecule is N#Cc1ccc(F)c(COc2ccc(N)cc2F)c1. The standard InChI is InChI=1S/C14H10F2N2O/c15-12-3-1-9(7-17)5-10(12)8-19-14-4-2-11(18)6-13(14)16/h1-6H,8,18H2. The molecular formula is C14H10F2N2O. The van der Waals surface area contributed by atoms with Crippen molar-refractivity contribution in [1.82, 2.24) is 0 Å². The normalized spacial score (nSPS) is 9.95. The highest BCUT2D eigenvalue weighted by atomic mass is 19.1. The van der Waals surface area contributed by atoms with Gasteiger partial charge in [0.15, 0.2) is 11.6 Å². The molecule has 0 bridgehead atoms. The van der Waals surface area contributed by atoms with Crippen LogP contribution < -0.4 is 10.5 Å². The van der Waals surface area contributed by atoms with Crippen LogP contribution in [0.5, 0.6) is 5.75 Å². The number of hydrogen-bond acceptors (Lipinski definition) is 3. The van der Waals surface area contributed by atoms with Gasteiger partial charge < -0.3 is 10.5 Å². The van der Waals surface area contributed by atoms with Crippen LogP contribution in [0.1, 0.15) is 11.1 Å². The van der Waals surface area contributed by atoms with Gasteiger partial charge in [-0.25, -0.2) is 8.78 Å². The lowest BCUT2D eigenvalue weighted by Gasteiger charge is -2.08. The van der Waals surface area contributed by atoms with Crippen molar-refractivity contribution in [3.05, 3.63) is 59.2 Å². The Balaban J connectivity index is 2.16. The Bertz CT molecular complexity index is 650. The topological polar surface area (TPSA) is 59.0 Å². The Morgan fingerprint density at radius 3 is 2.58 bits per heavy atom. The maximum Gasteiger partial charge on any atom is 0.167 e. The van der Waals surface area contributed by atoms with Crippen LogP contribution in [0.15, 0.2) is 36.4 Å². The average Bonchev–Trinajstić information content (AvgIpc) is 2.39. The summed E-state index contributed by atoms with van der Waals surface area (Å²) in [6.45, 7) is -0.164. The third kappa shape index (κ3) is 2.99. The molecule has 0 fully saturated rings. The van der Waals surface area contributed by atoms with Crippen LogP contribution in [0.4, 0.5) is 14.5 Å². The molecule has 96 valence electrons. The molecule has 0 spiro atoms. The number of nitrogen functional groups attached to an aromatic ring is 1. The zero-order valence-electron chi connectivity index (χ0n) is 9.86. The quantitative estimate of drug-likeness (QED) is 0.863. The number of nitrogens with two attached hydrogens (primary N) is 1. The number of hydrogen-bond donors (Lipinski definition) is 1. The molecule has 19 heavy (non-hydrogen) atoms. The number of benzene rings is 2. The molecule has 5 heteroatoms. The van der Waals surface area contributed by atoms with Crippen molar-refractivity contribution in [3.8, 4) is 11.8 Å². The molecule has 2 N–H and O–H groups in total. The minimum atomic E-state index is -0.614. The minimum Gasteiger partial charge on any atom is -0.486 e. The average molecular weight is 260 g/mol. The molecule has 3 nitrogen and oxygen atoms in total. The number of anilines is 1. The lowest BCUT2D eigenvalue weighted by Crippen LogP contribution is -2.01. The summed E-state index contributed by atoms with van der Waals surface area (Å²) in [6.07, 6.45) is 0. The molecule has 0 heterocycles. The highest BCUT2D eigenvalue weighted by Crippen LogP contribution is 2.21. The molecular weight excluding hydrogens is 250 g/mol. The summed E-state index contributed by atoms with van der Waals surface area (Å²) >= 11 is 0. The fourth-order valence-corrected chi connectivity index (χ4v) is 1.54. The van der Waals surface area contributed by atoms with Gasteiger partial charge in [-0.05, 0) is 30.3 Å². The zero-order chi connectivity index (χ0) is 13.8. The summed E-state index contributed by atoms with van der Waals surface area (Å²) in [6, 6.07) is 9.79. The van der Waals surface area contributed by atoms with Gasteiger partial charge in [0.05, 0.1) is 11.6 Å². The molecule has 0 aliphatic rings. The lowest BCUT2D eigenvalue weighted by atomic mass is 10.1. The first kappa shape index (κ1) is 12.8. The molecule has 2 aromatic carbocycles. The van der Waals surface area contributed by atoms with E-state index in [-0.39, 0.29) is 23.6 Å². The molecule has 0 aromatic heterocycles. The Hall–Kier alpha value is -2.61. The Morgan fingerprint density at radius 2 is 1.89 bits per heavy atom. The van der Waals surface area contributed by atoms with E-state index in [1.54, 1.807) is 0 Å². The molecule has 0 saturated heterocycles. The maximum atomic E-state index is 13.5. The Labute approximate surface area is 108 Å². The fourth-order valence-electron chi connectivity index (χ4n) is 1.54. The van der Waals surface area contributed by atoms with E-state index in [4.69, 9.17) is 15.7 Å². The Morgan fingerprint density at radius 1 is 1.11 bits per heavy atom. The number of nitrogens with zero attached hydrogens (tertiary/aromatic N) is 1. The van der Waals surface area contributed by atoms with Crippen molar-refractivity contribution in [3.63, 3.8) is 0 Å². The van der Waals surface area contributed by atoms with E-state index < -0.39 is 11.6 Å². The van der Waals surface area contributed by atoms with Crippen molar-refractivity contribution >= 4 is 5.69 Å². The summed E-state index contributed by atoms with van der Waals surface area (Å²) < 4.78 is 32.1. The second kappa shape index (κ2) is 5.36. The zero-order valence-corrected chi connectivity index (χ0v) is 9.86. The van der Waals surface area contributed by atoms with Crippen LogP contribution in [-0.2, 0) is 6.61 Å². The van der Waals surface area contributed by atoms with Crippen LogP contribution in [0, 0.1) is 23.0 Å². The second-order valence-corrected chi connectivity index (χ2v) is 3.90. The third-order valence-electron chi connectivity index (χ3n) is 2.51. The third-order valence-corrected chi connectivity index (χ3v) is 2.51. The van der Waals surface area contributed by atoms with Gasteiger partial charge in [0, 0.05) is 17.3 Å². The minimum absolute atomic E-state index is 0.0176. The van der Waals surface area contributed by atoms with Gasteiger partial charge >= 0.3 is 0 Å². The van der Waals surface area contributed by atoms with Gasteiger partial charge in [0.2, 0.25) is 0 Å². The van der Waals surface area contributed by atoms with Crippen molar-refractivity contribution in [2.75, 3.05) is 5.73 Å². The van der Waals surface area contributed by atoms with Crippen molar-refractivity contribution < 1.29 is 13.5 Å². The van der Waals surface area contributed by atoms with Gasteiger partial charge in [0.1, 0.15) is 12.4 Å². The molecule has 0 aliphatic heterocycles. The van der Waals surface area contributed by atoms with E-state index >= 15 is 0 Å². The lowest BCUT2D eigenvalue weighted by molar-refractivity contribution is 0.285. The fraction of sp³-hybridized carbons (Fsp3) is 0.0714. The second-order valence-electron chi connectivity index (χ2n) is 3.90. The van der Waals surface area contributed by atoms with Gasteiger partial charge in [-0.15, -0.1) is 0 Å². The molecule has 2 rings (SSSR count). The van der Waals surface area contributed by atoms with Crippen molar-refractivity contribution in [2.45, 2.75) is 6.61 Å². The van der Waals surface area contributed by atoms with Crippen molar-refractivity contribution in [1.29, 1.82) is 5.26 Å². The molecule has 0 unspecified atom stereocenters. The van der Waals surface area contributed by atoms with Crippen LogP contribution in [0.2, 0.25) is 0 Å². The smallest absolute Gasteiger partial charge is 0.167 e. The number of halogens is 2. The van der Waals surface area contributed by atoms with E-state index in [9.17, 15) is 8.78 Å². The molecule has 0 saturated carbocycles. The molecule has 0 amide bonds. The van der Waals surface area contributed by atoms with E-state index in [0.717, 1.165) is 6.07 Å². The first-order valence-electron chi connectivity index (χ1n) is 5.46. The van der Waals surface area contributed by atoms with E-state index in [0.29, 0.717) is 5.56 Å².